The first kappa shape index (κ1) is 10.3. The van der Waals surface area contributed by atoms with E-state index in [1.54, 1.807) is 6.92 Å². The summed E-state index contributed by atoms with van der Waals surface area (Å²) in [5, 5.41) is 8.32. The number of hydrogen-bond acceptors (Lipinski definition) is 2. The molecule has 0 aromatic rings. The molecule has 0 aliphatic heterocycles. The van der Waals surface area contributed by atoms with E-state index in [2.05, 4.69) is 4.74 Å². The van der Waals surface area contributed by atoms with Gasteiger partial charge < -0.3 is 9.84 Å². The van der Waals surface area contributed by atoms with Crippen molar-refractivity contribution in [3.8, 4) is 0 Å². The lowest BCUT2D eigenvalue weighted by Crippen LogP contribution is -2.26. The molecule has 0 spiro atoms. The van der Waals surface area contributed by atoms with Crippen LogP contribution in [0.15, 0.2) is 12.3 Å². The second-order valence-electron chi connectivity index (χ2n) is 1.77. The first-order valence-electron chi connectivity index (χ1n) is 3.01. The Morgan fingerprint density at radius 1 is 1.55 bits per heavy atom. The topological polar surface area (TPSA) is 29.5 Å². The third kappa shape index (κ3) is 4.66. The highest BCUT2D eigenvalue weighted by molar-refractivity contribution is 4.87. The molecule has 0 aliphatic rings. The third-order valence-electron chi connectivity index (χ3n) is 0.859. The van der Waals surface area contributed by atoms with Gasteiger partial charge in [-0.1, -0.05) is 0 Å². The number of aliphatic hydroxyl groups excluding tert-OH is 1. The van der Waals surface area contributed by atoms with Crippen LogP contribution in [0.1, 0.15) is 6.92 Å². The summed E-state index contributed by atoms with van der Waals surface area (Å²) < 4.78 is 39.0. The standard InChI is InChI=1S/C6H9F3O2/c1-2-11-4-3-5(10)6(7,8)9/h3-5,10H,2H2,1H3/b4-3-. The van der Waals surface area contributed by atoms with Crippen LogP contribution < -0.4 is 0 Å². The van der Waals surface area contributed by atoms with Crippen LogP contribution in [0.2, 0.25) is 0 Å². The summed E-state index contributed by atoms with van der Waals surface area (Å²) in [7, 11) is 0. The molecular formula is C6H9F3O2. The summed E-state index contributed by atoms with van der Waals surface area (Å²) in [4.78, 5) is 0. The summed E-state index contributed by atoms with van der Waals surface area (Å²) in [6.45, 7) is 1.91. The van der Waals surface area contributed by atoms with Crippen molar-refractivity contribution >= 4 is 0 Å². The Kier molecular flexibility index (Phi) is 3.95. The van der Waals surface area contributed by atoms with Crippen molar-refractivity contribution in [3.05, 3.63) is 12.3 Å². The first-order valence-corrected chi connectivity index (χ1v) is 3.01. The average molecular weight is 170 g/mol. The van der Waals surface area contributed by atoms with Crippen LogP contribution in [-0.2, 0) is 4.74 Å². The van der Waals surface area contributed by atoms with Gasteiger partial charge in [-0.15, -0.1) is 0 Å². The van der Waals surface area contributed by atoms with E-state index < -0.39 is 12.3 Å². The zero-order chi connectivity index (χ0) is 8.91. The summed E-state index contributed by atoms with van der Waals surface area (Å²) in [6.07, 6.45) is -5.66. The predicted molar refractivity (Wildman–Crippen MR) is 32.8 cm³/mol. The third-order valence-corrected chi connectivity index (χ3v) is 0.859. The molecule has 0 bridgehead atoms. The van der Waals surface area contributed by atoms with Crippen molar-refractivity contribution < 1.29 is 23.0 Å². The lowest BCUT2D eigenvalue weighted by atomic mass is 10.3. The van der Waals surface area contributed by atoms with Crippen LogP contribution in [0.5, 0.6) is 0 Å². The molecule has 0 fully saturated rings. The van der Waals surface area contributed by atoms with Crippen molar-refractivity contribution in [2.24, 2.45) is 0 Å². The molecule has 5 heteroatoms. The van der Waals surface area contributed by atoms with Gasteiger partial charge in [0.1, 0.15) is 0 Å². The monoisotopic (exact) mass is 170 g/mol. The molecule has 1 unspecified atom stereocenters. The second kappa shape index (κ2) is 4.23. The Morgan fingerprint density at radius 3 is 2.45 bits per heavy atom. The van der Waals surface area contributed by atoms with Crippen LogP contribution in [0.4, 0.5) is 13.2 Å². The van der Waals surface area contributed by atoms with Gasteiger partial charge in [0.2, 0.25) is 0 Å². The minimum absolute atomic E-state index is 0.279. The smallest absolute Gasteiger partial charge is 0.418 e. The molecule has 0 aliphatic carbocycles. The van der Waals surface area contributed by atoms with E-state index in [4.69, 9.17) is 5.11 Å². The minimum atomic E-state index is -4.60. The molecule has 1 atom stereocenters. The Morgan fingerprint density at radius 2 is 2.09 bits per heavy atom. The van der Waals surface area contributed by atoms with Gasteiger partial charge in [-0.3, -0.25) is 0 Å². The van der Waals surface area contributed by atoms with E-state index in [-0.39, 0.29) is 6.61 Å². The highest BCUT2D eigenvalue weighted by Gasteiger charge is 2.36. The summed E-state index contributed by atoms with van der Waals surface area (Å²) in [5.41, 5.74) is 0. The summed E-state index contributed by atoms with van der Waals surface area (Å²) in [6, 6.07) is 0. The molecule has 0 radical (unpaired) electrons. The van der Waals surface area contributed by atoms with Crippen molar-refractivity contribution in [1.82, 2.24) is 0 Å². The minimum Gasteiger partial charge on any atom is -0.502 e. The van der Waals surface area contributed by atoms with Gasteiger partial charge in [0.05, 0.1) is 12.9 Å². The number of aliphatic hydroxyl groups is 1. The quantitative estimate of drug-likeness (QED) is 0.649. The van der Waals surface area contributed by atoms with Gasteiger partial charge in [-0.2, -0.15) is 13.2 Å². The number of alkyl halides is 3. The van der Waals surface area contributed by atoms with Crippen LogP contribution in [0.25, 0.3) is 0 Å². The largest absolute Gasteiger partial charge is 0.502 e. The lowest BCUT2D eigenvalue weighted by Gasteiger charge is -2.09. The van der Waals surface area contributed by atoms with Crippen molar-refractivity contribution in [2.45, 2.75) is 19.2 Å². The molecule has 0 aromatic carbocycles. The van der Waals surface area contributed by atoms with E-state index >= 15 is 0 Å². The molecule has 1 N–H and O–H groups in total. The lowest BCUT2D eigenvalue weighted by molar-refractivity contribution is -0.188. The first-order chi connectivity index (χ1) is 4.98. The maximum absolute atomic E-state index is 11.5. The van der Waals surface area contributed by atoms with E-state index in [1.807, 2.05) is 0 Å². The van der Waals surface area contributed by atoms with Gasteiger partial charge in [0.15, 0.2) is 6.10 Å². The number of halogens is 3. The summed E-state index contributed by atoms with van der Waals surface area (Å²) >= 11 is 0. The van der Waals surface area contributed by atoms with Crippen LogP contribution in [-0.4, -0.2) is 24.0 Å². The van der Waals surface area contributed by atoms with Crippen LogP contribution in [0, 0.1) is 0 Å². The zero-order valence-corrected chi connectivity index (χ0v) is 5.93. The van der Waals surface area contributed by atoms with Gasteiger partial charge >= 0.3 is 6.18 Å². The Labute approximate surface area is 62.3 Å². The fourth-order valence-corrected chi connectivity index (χ4v) is 0.335. The number of ether oxygens (including phenoxy) is 1. The molecule has 2 nitrogen and oxygen atoms in total. The molecule has 0 saturated carbocycles. The average Bonchev–Trinajstić information content (AvgIpc) is 1.86. The van der Waals surface area contributed by atoms with E-state index in [0.717, 1.165) is 6.26 Å². The molecule has 0 saturated heterocycles. The van der Waals surface area contributed by atoms with Crippen LogP contribution in [0.3, 0.4) is 0 Å². The number of hydrogen-bond donors (Lipinski definition) is 1. The molecule has 0 heterocycles. The zero-order valence-electron chi connectivity index (χ0n) is 5.93. The van der Waals surface area contributed by atoms with E-state index in [9.17, 15) is 13.2 Å². The fraction of sp³-hybridized carbons (Fsp3) is 0.667. The van der Waals surface area contributed by atoms with Gasteiger partial charge in [0, 0.05) is 0 Å². The summed E-state index contributed by atoms with van der Waals surface area (Å²) in [5.74, 6) is 0. The molecule has 11 heavy (non-hydrogen) atoms. The van der Waals surface area contributed by atoms with Gasteiger partial charge in [-0.25, -0.2) is 0 Å². The van der Waals surface area contributed by atoms with Crippen LogP contribution >= 0.6 is 0 Å². The maximum Gasteiger partial charge on any atom is 0.418 e. The molecule has 66 valence electrons. The molecule has 0 aromatic heterocycles. The normalized spacial score (nSPS) is 15.4. The van der Waals surface area contributed by atoms with E-state index in [0.29, 0.717) is 6.08 Å². The highest BCUT2D eigenvalue weighted by Crippen LogP contribution is 2.20. The van der Waals surface area contributed by atoms with Gasteiger partial charge in [0.25, 0.3) is 0 Å². The Bertz CT molecular complexity index is 130. The van der Waals surface area contributed by atoms with Crippen molar-refractivity contribution in [3.63, 3.8) is 0 Å². The van der Waals surface area contributed by atoms with Gasteiger partial charge in [-0.05, 0) is 13.0 Å². The van der Waals surface area contributed by atoms with E-state index in [1.165, 1.54) is 0 Å². The Hall–Kier alpha value is -0.710. The fourth-order valence-electron chi connectivity index (χ4n) is 0.335. The van der Waals surface area contributed by atoms with Crippen molar-refractivity contribution in [2.75, 3.05) is 6.61 Å². The van der Waals surface area contributed by atoms with Crippen molar-refractivity contribution in [1.29, 1.82) is 0 Å². The Balaban J connectivity index is 3.77. The highest BCUT2D eigenvalue weighted by atomic mass is 19.4. The molecular weight excluding hydrogens is 161 g/mol. The second-order valence-corrected chi connectivity index (χ2v) is 1.77. The number of rotatable bonds is 3. The predicted octanol–water partition coefficient (Wildman–Crippen LogP) is 1.46. The maximum atomic E-state index is 11.5. The molecule has 0 rings (SSSR count). The molecule has 0 amide bonds. The SMILES string of the molecule is CCO/C=C\C(O)C(F)(F)F.